The number of hydrogen-bond acceptors (Lipinski definition) is 4. The number of carbonyl (C=O) groups excluding carboxylic acids is 2. The monoisotopic (exact) mass is 414 g/mol. The summed E-state index contributed by atoms with van der Waals surface area (Å²) >= 11 is 7.59. The molecule has 0 saturated carbocycles. The van der Waals surface area contributed by atoms with E-state index in [1.807, 2.05) is 47.8 Å². The number of amides is 2. The molecular weight excluding hydrogens is 396 g/mol. The van der Waals surface area contributed by atoms with Gasteiger partial charge in [-0.3, -0.25) is 9.59 Å². The van der Waals surface area contributed by atoms with Gasteiger partial charge in [0, 0.05) is 16.8 Å². The fourth-order valence-electron chi connectivity index (χ4n) is 2.65. The molecule has 0 aliphatic heterocycles. The lowest BCUT2D eigenvalue weighted by molar-refractivity contribution is -0.120. The third-order valence-electron chi connectivity index (χ3n) is 3.84. The van der Waals surface area contributed by atoms with Crippen molar-refractivity contribution in [3.8, 4) is 11.5 Å². The number of anilines is 1. The molecule has 2 amide bonds. The predicted molar refractivity (Wildman–Crippen MR) is 112 cm³/mol. The molecule has 0 aliphatic carbocycles. The van der Waals surface area contributed by atoms with Gasteiger partial charge >= 0.3 is 0 Å². The van der Waals surface area contributed by atoms with Crippen molar-refractivity contribution < 1.29 is 14.3 Å². The number of thiophene rings is 1. The summed E-state index contributed by atoms with van der Waals surface area (Å²) in [5.74, 6) is 0.681. The van der Waals surface area contributed by atoms with Gasteiger partial charge in [0.1, 0.15) is 5.75 Å². The van der Waals surface area contributed by atoms with Crippen LogP contribution in [-0.2, 0) is 9.59 Å². The zero-order valence-electron chi connectivity index (χ0n) is 15.1. The summed E-state index contributed by atoms with van der Waals surface area (Å²) in [6.07, 6.45) is 0.0946. The van der Waals surface area contributed by atoms with Gasteiger partial charge in [-0.25, -0.2) is 0 Å². The van der Waals surface area contributed by atoms with Crippen LogP contribution in [0.3, 0.4) is 0 Å². The number of halogens is 1. The third kappa shape index (κ3) is 5.58. The molecule has 2 aromatic carbocycles. The lowest BCUT2D eigenvalue weighted by Gasteiger charge is -2.17. The van der Waals surface area contributed by atoms with Crippen LogP contribution in [0.25, 0.3) is 0 Å². The van der Waals surface area contributed by atoms with E-state index in [2.05, 4.69) is 10.6 Å². The average molecular weight is 415 g/mol. The number of carbonyl (C=O) groups is 2. The van der Waals surface area contributed by atoms with Crippen molar-refractivity contribution in [3.63, 3.8) is 0 Å². The molecule has 5 nitrogen and oxygen atoms in total. The molecule has 7 heteroatoms. The van der Waals surface area contributed by atoms with Gasteiger partial charge in [0.15, 0.2) is 5.75 Å². The van der Waals surface area contributed by atoms with Gasteiger partial charge in [-0.15, -0.1) is 11.3 Å². The van der Waals surface area contributed by atoms with Crippen molar-refractivity contribution in [2.75, 3.05) is 5.32 Å². The largest absolute Gasteiger partial charge is 0.455 e. The van der Waals surface area contributed by atoms with Crippen molar-refractivity contribution in [1.29, 1.82) is 0 Å². The lowest BCUT2D eigenvalue weighted by Crippen LogP contribution is -2.29. The van der Waals surface area contributed by atoms with Crippen LogP contribution in [0.2, 0.25) is 5.02 Å². The number of rotatable bonds is 7. The van der Waals surface area contributed by atoms with Crippen LogP contribution in [0.5, 0.6) is 11.5 Å². The second kappa shape index (κ2) is 9.39. The Labute approximate surface area is 172 Å². The number of hydrogen-bond donors (Lipinski definition) is 2. The Hall–Kier alpha value is -2.83. The summed E-state index contributed by atoms with van der Waals surface area (Å²) in [6.45, 7) is 1.43. The molecule has 3 aromatic rings. The summed E-state index contributed by atoms with van der Waals surface area (Å²) in [5.41, 5.74) is 0.467. The van der Waals surface area contributed by atoms with Crippen LogP contribution < -0.4 is 15.4 Å². The smallest absolute Gasteiger partial charge is 0.226 e. The molecule has 2 N–H and O–H groups in total. The van der Waals surface area contributed by atoms with E-state index in [1.165, 1.54) is 18.3 Å². The van der Waals surface area contributed by atoms with E-state index in [-0.39, 0.29) is 18.2 Å². The molecule has 1 unspecified atom stereocenters. The van der Waals surface area contributed by atoms with Gasteiger partial charge in [0.25, 0.3) is 0 Å². The van der Waals surface area contributed by atoms with Gasteiger partial charge < -0.3 is 15.4 Å². The molecule has 0 bridgehead atoms. The normalized spacial score (nSPS) is 11.5. The van der Waals surface area contributed by atoms with Gasteiger partial charge in [-0.05, 0) is 41.8 Å². The van der Waals surface area contributed by atoms with Crippen molar-refractivity contribution in [2.45, 2.75) is 19.4 Å². The molecule has 1 atom stereocenters. The quantitative estimate of drug-likeness (QED) is 0.544. The second-order valence-electron chi connectivity index (χ2n) is 6.08. The fourth-order valence-corrected chi connectivity index (χ4v) is 3.60. The van der Waals surface area contributed by atoms with Crippen LogP contribution in [-0.4, -0.2) is 11.8 Å². The topological polar surface area (TPSA) is 67.4 Å². The van der Waals surface area contributed by atoms with Gasteiger partial charge in [-0.1, -0.05) is 35.9 Å². The first-order valence-electron chi connectivity index (χ1n) is 8.64. The molecule has 0 fully saturated rings. The van der Waals surface area contributed by atoms with E-state index in [4.69, 9.17) is 16.3 Å². The molecule has 0 radical (unpaired) electrons. The van der Waals surface area contributed by atoms with Gasteiger partial charge in [0.2, 0.25) is 11.8 Å². The number of ether oxygens (including phenoxy) is 1. The Morgan fingerprint density at radius 3 is 2.57 bits per heavy atom. The molecule has 144 valence electrons. The van der Waals surface area contributed by atoms with E-state index < -0.39 is 6.04 Å². The Kier molecular flexibility index (Phi) is 6.68. The molecule has 0 saturated heterocycles. The van der Waals surface area contributed by atoms with E-state index in [1.54, 1.807) is 18.2 Å². The number of nitrogens with one attached hydrogen (secondary N) is 2. The molecule has 0 aliphatic rings. The third-order valence-corrected chi connectivity index (χ3v) is 5.06. The summed E-state index contributed by atoms with van der Waals surface area (Å²) < 4.78 is 5.87. The minimum Gasteiger partial charge on any atom is -0.455 e. The molecule has 1 aromatic heterocycles. The average Bonchev–Trinajstić information content (AvgIpc) is 3.19. The van der Waals surface area contributed by atoms with E-state index >= 15 is 0 Å². The molecule has 28 heavy (non-hydrogen) atoms. The van der Waals surface area contributed by atoms with Crippen LogP contribution in [0.4, 0.5) is 5.69 Å². The van der Waals surface area contributed by atoms with Crippen LogP contribution in [0, 0.1) is 0 Å². The van der Waals surface area contributed by atoms with Gasteiger partial charge in [0.05, 0.1) is 18.2 Å². The predicted octanol–water partition coefficient (Wildman–Crippen LogP) is 5.40. The maximum atomic E-state index is 12.7. The van der Waals surface area contributed by atoms with Gasteiger partial charge in [-0.2, -0.15) is 0 Å². The first kappa shape index (κ1) is 19.9. The summed E-state index contributed by atoms with van der Waals surface area (Å²) in [7, 11) is 0. The summed E-state index contributed by atoms with van der Waals surface area (Å²) in [5, 5.41) is 8.05. The van der Waals surface area contributed by atoms with E-state index in [0.29, 0.717) is 22.2 Å². The maximum Gasteiger partial charge on any atom is 0.226 e. The minimum atomic E-state index is -0.393. The highest BCUT2D eigenvalue weighted by Crippen LogP contribution is 2.32. The summed E-state index contributed by atoms with van der Waals surface area (Å²) in [6, 6.07) is 17.7. The van der Waals surface area contributed by atoms with Crippen molar-refractivity contribution in [3.05, 3.63) is 75.9 Å². The number of para-hydroxylation sites is 1. The zero-order valence-corrected chi connectivity index (χ0v) is 16.7. The van der Waals surface area contributed by atoms with Crippen LogP contribution >= 0.6 is 22.9 Å². The Balaban J connectivity index is 1.75. The minimum absolute atomic E-state index is 0.0946. The zero-order chi connectivity index (χ0) is 19.9. The second-order valence-corrected chi connectivity index (χ2v) is 7.49. The highest BCUT2D eigenvalue weighted by atomic mass is 35.5. The molecule has 0 spiro atoms. The Morgan fingerprint density at radius 2 is 1.89 bits per heavy atom. The first-order chi connectivity index (χ1) is 13.5. The van der Waals surface area contributed by atoms with Crippen molar-refractivity contribution in [2.24, 2.45) is 0 Å². The Bertz CT molecular complexity index is 946. The van der Waals surface area contributed by atoms with Crippen LogP contribution in [0.15, 0.2) is 66.0 Å². The lowest BCUT2D eigenvalue weighted by atomic mass is 10.1. The molecule has 3 rings (SSSR count). The van der Waals surface area contributed by atoms with Crippen molar-refractivity contribution >= 4 is 40.4 Å². The van der Waals surface area contributed by atoms with E-state index in [0.717, 1.165) is 4.88 Å². The van der Waals surface area contributed by atoms with Crippen LogP contribution in [0.1, 0.15) is 24.3 Å². The maximum absolute atomic E-state index is 12.7. The standard InChI is InChI=1S/C21H19ClN2O3S/c1-14(25)23-18(20-8-5-11-28-20)13-21(26)24-17-12-15(22)9-10-19(17)27-16-6-3-2-4-7-16/h2-12,18H,13H2,1H3,(H,23,25)(H,24,26). The fraction of sp³-hybridized carbons (Fsp3) is 0.143. The highest BCUT2D eigenvalue weighted by Gasteiger charge is 2.19. The number of benzene rings is 2. The Morgan fingerprint density at radius 1 is 1.11 bits per heavy atom. The SMILES string of the molecule is CC(=O)NC(CC(=O)Nc1cc(Cl)ccc1Oc1ccccc1)c1cccs1. The molecule has 1 heterocycles. The first-order valence-corrected chi connectivity index (χ1v) is 9.90. The highest BCUT2D eigenvalue weighted by molar-refractivity contribution is 7.10. The van der Waals surface area contributed by atoms with Crippen molar-refractivity contribution in [1.82, 2.24) is 5.32 Å². The summed E-state index contributed by atoms with van der Waals surface area (Å²) in [4.78, 5) is 25.1. The van der Waals surface area contributed by atoms with E-state index in [9.17, 15) is 9.59 Å². The molecular formula is C21H19ClN2O3S.